The fourth-order valence-electron chi connectivity index (χ4n) is 1.01. The average molecular weight is 148 g/mol. The Bertz CT molecular complexity index is 268. The molecule has 0 spiro atoms. The molecule has 0 fully saturated rings. The second-order valence-electron chi connectivity index (χ2n) is 2.37. The van der Waals surface area contributed by atoms with Gasteiger partial charge in [-0.15, -0.1) is 0 Å². The molecule has 2 nitrogen and oxygen atoms in total. The van der Waals surface area contributed by atoms with E-state index in [0.717, 1.165) is 12.0 Å². The van der Waals surface area contributed by atoms with E-state index in [1.54, 1.807) is 18.2 Å². The molecule has 0 bridgehead atoms. The maximum absolute atomic E-state index is 10.3. The van der Waals surface area contributed by atoms with Crippen LogP contribution in [0.1, 0.15) is 18.1 Å². The molecule has 2 heteroatoms. The first kappa shape index (κ1) is 7.79. The molecule has 1 aromatic rings. The molecular formula is C9H10NO. The van der Waals surface area contributed by atoms with Crippen LogP contribution in [0.3, 0.4) is 0 Å². The summed E-state index contributed by atoms with van der Waals surface area (Å²) in [6.45, 7) is 1.98. The molecule has 1 rings (SSSR count). The fourth-order valence-corrected chi connectivity index (χ4v) is 1.01. The number of nitrogen functional groups attached to an aromatic ring is 1. The van der Waals surface area contributed by atoms with Crippen molar-refractivity contribution >= 4 is 12.0 Å². The van der Waals surface area contributed by atoms with Gasteiger partial charge in [-0.1, -0.05) is 6.92 Å². The number of carbonyl (C=O) groups excluding carboxylic acids is 1. The van der Waals surface area contributed by atoms with Crippen molar-refractivity contribution in [1.29, 1.82) is 0 Å². The van der Waals surface area contributed by atoms with E-state index in [4.69, 9.17) is 5.73 Å². The largest absolute Gasteiger partial charge is 0.399 e. The van der Waals surface area contributed by atoms with E-state index in [9.17, 15) is 4.79 Å². The van der Waals surface area contributed by atoms with E-state index >= 15 is 0 Å². The van der Waals surface area contributed by atoms with Gasteiger partial charge in [-0.2, -0.15) is 0 Å². The van der Waals surface area contributed by atoms with E-state index in [1.807, 2.05) is 13.2 Å². The molecule has 11 heavy (non-hydrogen) atoms. The number of benzene rings is 1. The Kier molecular flexibility index (Phi) is 2.26. The Morgan fingerprint density at radius 3 is 2.82 bits per heavy atom. The molecule has 2 N–H and O–H groups in total. The second-order valence-corrected chi connectivity index (χ2v) is 2.37. The lowest BCUT2D eigenvalue weighted by Gasteiger charge is -2.00. The zero-order chi connectivity index (χ0) is 8.27. The molecule has 0 aliphatic heterocycles. The van der Waals surface area contributed by atoms with Crippen LogP contribution >= 0.6 is 0 Å². The van der Waals surface area contributed by atoms with Crippen LogP contribution < -0.4 is 5.73 Å². The molecule has 57 valence electrons. The SMILES string of the molecule is CCc1cc(N)ccc1[C]=O. The summed E-state index contributed by atoms with van der Waals surface area (Å²) in [6.07, 6.45) is 2.68. The third-order valence-corrected chi connectivity index (χ3v) is 1.62. The van der Waals surface area contributed by atoms with Crippen LogP contribution in [0.5, 0.6) is 0 Å². The van der Waals surface area contributed by atoms with Crippen molar-refractivity contribution in [1.82, 2.24) is 0 Å². The van der Waals surface area contributed by atoms with Crippen molar-refractivity contribution in [2.75, 3.05) is 5.73 Å². The summed E-state index contributed by atoms with van der Waals surface area (Å²) in [6, 6.07) is 5.21. The van der Waals surface area contributed by atoms with Gasteiger partial charge in [-0.3, -0.25) is 4.79 Å². The van der Waals surface area contributed by atoms with Crippen molar-refractivity contribution in [2.45, 2.75) is 13.3 Å². The van der Waals surface area contributed by atoms with Crippen LogP contribution in [0.15, 0.2) is 18.2 Å². The minimum Gasteiger partial charge on any atom is -0.399 e. The molecular weight excluding hydrogens is 138 g/mol. The predicted octanol–water partition coefficient (Wildman–Crippen LogP) is 1.29. The highest BCUT2D eigenvalue weighted by molar-refractivity contribution is 5.78. The van der Waals surface area contributed by atoms with Gasteiger partial charge in [0, 0.05) is 11.3 Å². The number of anilines is 1. The minimum absolute atomic E-state index is 0.613. The summed E-state index contributed by atoms with van der Waals surface area (Å²) in [4.78, 5) is 10.3. The summed E-state index contributed by atoms with van der Waals surface area (Å²) in [7, 11) is 0. The second kappa shape index (κ2) is 3.19. The monoisotopic (exact) mass is 148 g/mol. The van der Waals surface area contributed by atoms with E-state index in [0.29, 0.717) is 11.3 Å². The van der Waals surface area contributed by atoms with Crippen molar-refractivity contribution in [3.63, 3.8) is 0 Å². The van der Waals surface area contributed by atoms with Crippen LogP contribution in [-0.4, -0.2) is 6.29 Å². The maximum atomic E-state index is 10.3. The maximum Gasteiger partial charge on any atom is 0.233 e. The number of hydrogen-bond acceptors (Lipinski definition) is 2. The first-order valence-electron chi connectivity index (χ1n) is 3.54. The van der Waals surface area contributed by atoms with Gasteiger partial charge in [0.2, 0.25) is 6.29 Å². The topological polar surface area (TPSA) is 43.1 Å². The van der Waals surface area contributed by atoms with Gasteiger partial charge in [-0.05, 0) is 30.2 Å². The highest BCUT2D eigenvalue weighted by Gasteiger charge is 1.99. The molecule has 0 saturated carbocycles. The van der Waals surface area contributed by atoms with Crippen LogP contribution in [-0.2, 0) is 11.2 Å². The normalized spacial score (nSPS) is 9.55. The van der Waals surface area contributed by atoms with Crippen LogP contribution in [0.2, 0.25) is 0 Å². The van der Waals surface area contributed by atoms with Gasteiger partial charge >= 0.3 is 0 Å². The Balaban J connectivity index is 3.16. The number of aryl methyl sites for hydroxylation is 1. The van der Waals surface area contributed by atoms with Crippen LogP contribution in [0.25, 0.3) is 0 Å². The van der Waals surface area contributed by atoms with Crippen molar-refractivity contribution in [3.05, 3.63) is 29.3 Å². The summed E-state index contributed by atoms with van der Waals surface area (Å²) in [5.41, 5.74) is 7.79. The molecule has 0 heterocycles. The molecule has 1 aromatic carbocycles. The third-order valence-electron chi connectivity index (χ3n) is 1.62. The van der Waals surface area contributed by atoms with Crippen molar-refractivity contribution < 1.29 is 4.79 Å². The first-order chi connectivity index (χ1) is 5.27. The highest BCUT2D eigenvalue weighted by Crippen LogP contribution is 2.11. The number of nitrogens with two attached hydrogens (primary N) is 1. The number of rotatable bonds is 2. The standard InChI is InChI=1S/C9H10NO/c1-2-7-5-9(10)4-3-8(7)6-11/h3-5H,2,10H2,1H3. The smallest absolute Gasteiger partial charge is 0.233 e. The molecule has 0 atom stereocenters. The first-order valence-corrected chi connectivity index (χ1v) is 3.54. The minimum atomic E-state index is 0.613. The molecule has 0 saturated heterocycles. The lowest BCUT2D eigenvalue weighted by atomic mass is 10.1. The Morgan fingerprint density at radius 2 is 2.27 bits per heavy atom. The van der Waals surface area contributed by atoms with E-state index in [-0.39, 0.29) is 0 Å². The molecule has 0 amide bonds. The Labute approximate surface area is 66.0 Å². The van der Waals surface area contributed by atoms with Crippen molar-refractivity contribution in [2.24, 2.45) is 0 Å². The molecule has 0 aromatic heterocycles. The highest BCUT2D eigenvalue weighted by atomic mass is 16.1. The lowest BCUT2D eigenvalue weighted by Crippen LogP contribution is -1.93. The van der Waals surface area contributed by atoms with E-state index < -0.39 is 0 Å². The van der Waals surface area contributed by atoms with Crippen LogP contribution in [0.4, 0.5) is 5.69 Å². The van der Waals surface area contributed by atoms with Gasteiger partial charge < -0.3 is 5.73 Å². The van der Waals surface area contributed by atoms with E-state index in [2.05, 4.69) is 0 Å². The van der Waals surface area contributed by atoms with Gasteiger partial charge in [0.25, 0.3) is 0 Å². The summed E-state index contributed by atoms with van der Waals surface area (Å²) >= 11 is 0. The summed E-state index contributed by atoms with van der Waals surface area (Å²) < 4.78 is 0. The Hall–Kier alpha value is -1.31. The van der Waals surface area contributed by atoms with Crippen LogP contribution in [0, 0.1) is 0 Å². The predicted molar refractivity (Wildman–Crippen MR) is 45.0 cm³/mol. The summed E-state index contributed by atoms with van der Waals surface area (Å²) in [5.74, 6) is 0. The van der Waals surface area contributed by atoms with Gasteiger partial charge in [0.15, 0.2) is 0 Å². The fraction of sp³-hybridized carbons (Fsp3) is 0.222. The third kappa shape index (κ3) is 1.58. The average Bonchev–Trinajstić information content (AvgIpc) is 2.04. The molecule has 0 aliphatic rings. The van der Waals surface area contributed by atoms with Crippen molar-refractivity contribution in [3.8, 4) is 0 Å². The quantitative estimate of drug-likeness (QED) is 0.642. The van der Waals surface area contributed by atoms with Gasteiger partial charge in [-0.25, -0.2) is 0 Å². The number of hydrogen-bond donors (Lipinski definition) is 1. The Morgan fingerprint density at radius 1 is 1.55 bits per heavy atom. The molecule has 1 radical (unpaired) electrons. The van der Waals surface area contributed by atoms with E-state index in [1.165, 1.54) is 0 Å². The lowest BCUT2D eigenvalue weighted by molar-refractivity contribution is 0.562. The molecule has 0 unspecified atom stereocenters. The zero-order valence-electron chi connectivity index (χ0n) is 6.42. The molecule has 0 aliphatic carbocycles. The van der Waals surface area contributed by atoms with Gasteiger partial charge in [0.05, 0.1) is 0 Å². The van der Waals surface area contributed by atoms with Gasteiger partial charge in [0.1, 0.15) is 0 Å². The zero-order valence-corrected chi connectivity index (χ0v) is 6.42. The summed E-state index contributed by atoms with van der Waals surface area (Å²) in [5, 5.41) is 0.